The molecule has 1 aliphatic rings. The summed E-state index contributed by atoms with van der Waals surface area (Å²) in [5.74, 6) is -2.65. The molecule has 0 saturated carbocycles. The molecule has 16 heteroatoms. The lowest BCUT2D eigenvalue weighted by molar-refractivity contribution is -0.153. The second kappa shape index (κ2) is 23.0. The Labute approximate surface area is 355 Å². The number of H-pyrrole nitrogens is 1. The highest BCUT2D eigenvalue weighted by atomic mass is 35.5. The van der Waals surface area contributed by atoms with Crippen LogP contribution in [0.5, 0.6) is 0 Å². The minimum atomic E-state index is -0.976. The number of carboxylic acids is 1. The van der Waals surface area contributed by atoms with Crippen LogP contribution in [-0.2, 0) is 39.9 Å². The number of ether oxygens (including phenoxy) is 3. The Kier molecular flexibility index (Phi) is 18.0. The molecular weight excluding hydrogens is 790 g/mol. The number of unbranched alkanes of at least 4 members (excludes halogenated alkanes) is 1. The van der Waals surface area contributed by atoms with Crippen LogP contribution < -0.4 is 11.1 Å². The van der Waals surface area contributed by atoms with E-state index < -0.39 is 29.9 Å². The molecule has 15 nitrogen and oxygen atoms in total. The van der Waals surface area contributed by atoms with E-state index in [0.717, 1.165) is 35.1 Å². The fraction of sp³-hybridized carbons (Fsp3) is 0.386. The largest absolute Gasteiger partial charge is 0.480 e. The number of nitrogens with two attached hydrogens (primary N) is 1. The van der Waals surface area contributed by atoms with Gasteiger partial charge in [0.05, 0.1) is 49.7 Å². The summed E-state index contributed by atoms with van der Waals surface area (Å²) in [7, 11) is 1.29. The Morgan fingerprint density at radius 3 is 2.22 bits per heavy atom. The standard InChI is InChI=1S/C24H29N5O3.C20H25ClN2O5/c1-4-5-10-21(30)29(22(16(2)3)24(31)32)15-17-11-13-18(14-12-17)19-8-6-7-9-20(19)23-25-27-28-26-23;1-4-28-20(25)18-15(11-27-10-9-22)23-12(2)16(19(24)26-3)17(18)13-7-5-6-8-14(13)21/h6-9,11-14,16,22H,4-5,10,15H2,1-3H3,(H,31,32)(H,25,26,27,28);5-8,17,23H,4,9-11,22H2,1-3H3/t22-;17-/m00/s1. The molecule has 1 aromatic heterocycles. The zero-order valence-electron chi connectivity index (χ0n) is 34.9. The number of nitrogens with zero attached hydrogens (tertiary/aromatic N) is 4. The summed E-state index contributed by atoms with van der Waals surface area (Å²) in [5, 5.41) is 27.6. The number of carboxylic acid groups (broad SMARTS) is 1. The lowest BCUT2D eigenvalue weighted by Gasteiger charge is -2.32. The third-order valence-corrected chi connectivity index (χ3v) is 10.0. The highest BCUT2D eigenvalue weighted by Gasteiger charge is 2.39. The summed E-state index contributed by atoms with van der Waals surface area (Å²) in [6, 6.07) is 21.8. The van der Waals surface area contributed by atoms with E-state index in [1.807, 2.05) is 69.3 Å². The van der Waals surface area contributed by atoms with E-state index in [-0.39, 0.29) is 37.2 Å². The number of carbonyl (C=O) groups is 4. The number of aliphatic carboxylic acids is 1. The van der Waals surface area contributed by atoms with Gasteiger partial charge in [0.2, 0.25) is 11.7 Å². The summed E-state index contributed by atoms with van der Waals surface area (Å²) in [6.07, 6.45) is 1.97. The van der Waals surface area contributed by atoms with Crippen molar-refractivity contribution in [3.63, 3.8) is 0 Å². The van der Waals surface area contributed by atoms with Crippen LogP contribution in [0.2, 0.25) is 5.02 Å². The van der Waals surface area contributed by atoms with Crippen molar-refractivity contribution in [3.05, 3.63) is 111 Å². The minimum absolute atomic E-state index is 0.109. The first kappa shape index (κ1) is 46.8. The van der Waals surface area contributed by atoms with Crippen molar-refractivity contribution in [3.8, 4) is 22.5 Å². The van der Waals surface area contributed by atoms with Gasteiger partial charge in [-0.2, -0.15) is 5.21 Å². The number of dihydropyridines is 1. The predicted octanol–water partition coefficient (Wildman–Crippen LogP) is 6.43. The molecule has 0 aliphatic carbocycles. The number of amides is 1. The average molecular weight is 844 g/mol. The molecule has 2 atom stereocenters. The number of halogens is 1. The first-order valence-corrected chi connectivity index (χ1v) is 20.2. The number of aromatic amines is 1. The summed E-state index contributed by atoms with van der Waals surface area (Å²) in [5.41, 5.74) is 11.4. The number of methoxy groups -OCH3 is 1. The van der Waals surface area contributed by atoms with E-state index in [4.69, 9.17) is 31.5 Å². The van der Waals surface area contributed by atoms with E-state index in [2.05, 4.69) is 25.9 Å². The molecule has 0 unspecified atom stereocenters. The molecular formula is C44H54ClN7O8. The summed E-state index contributed by atoms with van der Waals surface area (Å²) in [6.45, 7) is 10.3. The maximum atomic E-state index is 12.9. The Morgan fingerprint density at radius 2 is 1.63 bits per heavy atom. The molecule has 5 rings (SSSR count). The Balaban J connectivity index is 0.000000267. The average Bonchev–Trinajstić information content (AvgIpc) is 3.78. The molecule has 2 heterocycles. The number of allylic oxidation sites excluding steroid dienone is 1. The molecule has 5 N–H and O–H groups in total. The Bertz CT molecular complexity index is 2140. The van der Waals surface area contributed by atoms with Gasteiger partial charge in [0.1, 0.15) is 6.04 Å². The maximum absolute atomic E-state index is 12.9. The predicted molar refractivity (Wildman–Crippen MR) is 227 cm³/mol. The number of benzene rings is 3. The van der Waals surface area contributed by atoms with Crippen LogP contribution >= 0.6 is 11.6 Å². The number of carbonyl (C=O) groups excluding carboxylic acids is 3. The number of rotatable bonds is 18. The zero-order chi connectivity index (χ0) is 43.8. The van der Waals surface area contributed by atoms with Crippen molar-refractivity contribution in [1.29, 1.82) is 0 Å². The van der Waals surface area contributed by atoms with Crippen LogP contribution in [-0.4, -0.2) is 94.0 Å². The normalized spacial score (nSPS) is 14.2. The van der Waals surface area contributed by atoms with Gasteiger partial charge < -0.3 is 35.3 Å². The van der Waals surface area contributed by atoms with Gasteiger partial charge in [-0.25, -0.2) is 14.4 Å². The van der Waals surface area contributed by atoms with E-state index >= 15 is 0 Å². The molecule has 0 fully saturated rings. The van der Waals surface area contributed by atoms with Crippen molar-refractivity contribution in [1.82, 2.24) is 30.8 Å². The van der Waals surface area contributed by atoms with Gasteiger partial charge in [0.15, 0.2) is 0 Å². The zero-order valence-corrected chi connectivity index (χ0v) is 35.6. The highest BCUT2D eigenvalue weighted by Crippen LogP contribution is 2.42. The smallest absolute Gasteiger partial charge is 0.336 e. The molecule has 0 radical (unpaired) electrons. The van der Waals surface area contributed by atoms with Gasteiger partial charge in [-0.05, 0) is 59.7 Å². The summed E-state index contributed by atoms with van der Waals surface area (Å²) < 4.78 is 15.8. The molecule has 4 aromatic rings. The van der Waals surface area contributed by atoms with Gasteiger partial charge in [-0.15, -0.1) is 10.2 Å². The first-order chi connectivity index (χ1) is 28.9. The Morgan fingerprint density at radius 1 is 0.950 bits per heavy atom. The number of esters is 2. The monoisotopic (exact) mass is 843 g/mol. The first-order valence-electron chi connectivity index (χ1n) is 19.8. The maximum Gasteiger partial charge on any atom is 0.336 e. The Hall–Kier alpha value is -5.90. The van der Waals surface area contributed by atoms with Gasteiger partial charge in [0, 0.05) is 35.8 Å². The molecule has 0 spiro atoms. The third-order valence-electron chi connectivity index (χ3n) is 9.69. The van der Waals surface area contributed by atoms with Crippen molar-refractivity contribution in [2.75, 3.05) is 33.5 Å². The van der Waals surface area contributed by atoms with Crippen molar-refractivity contribution >= 4 is 35.4 Å². The number of nitrogens with one attached hydrogen (secondary N) is 2. The quantitative estimate of drug-likeness (QED) is 0.0629. The van der Waals surface area contributed by atoms with E-state index in [1.54, 1.807) is 38.1 Å². The molecule has 0 bridgehead atoms. The van der Waals surface area contributed by atoms with Crippen molar-refractivity contribution in [2.24, 2.45) is 11.7 Å². The topological polar surface area (TPSA) is 212 Å². The number of hydrogen-bond donors (Lipinski definition) is 4. The SMILES string of the molecule is CCCCC(=O)N(Cc1ccc(-c2ccccc2-c2nn[nH]n2)cc1)[C@H](C(=O)O)C(C)C.CCOC(=O)C1=C(COCCN)NC(C)=C(C(=O)OC)[C@@H]1c1ccccc1Cl. The fourth-order valence-corrected chi connectivity index (χ4v) is 7.15. The van der Waals surface area contributed by atoms with E-state index in [0.29, 0.717) is 53.0 Å². The molecule has 60 heavy (non-hydrogen) atoms. The van der Waals surface area contributed by atoms with E-state index in [1.165, 1.54) is 12.0 Å². The molecule has 0 saturated heterocycles. The lowest BCUT2D eigenvalue weighted by atomic mass is 9.80. The minimum Gasteiger partial charge on any atom is -0.480 e. The molecule has 3 aromatic carbocycles. The van der Waals surface area contributed by atoms with Crippen LogP contribution in [0.3, 0.4) is 0 Å². The van der Waals surface area contributed by atoms with Crippen molar-refractivity contribution < 1.29 is 38.5 Å². The number of tetrazole rings is 1. The van der Waals surface area contributed by atoms with Crippen LogP contribution in [0.15, 0.2) is 95.3 Å². The lowest BCUT2D eigenvalue weighted by Crippen LogP contribution is -2.47. The summed E-state index contributed by atoms with van der Waals surface area (Å²) in [4.78, 5) is 51.8. The van der Waals surface area contributed by atoms with Gasteiger partial charge >= 0.3 is 17.9 Å². The van der Waals surface area contributed by atoms with Gasteiger partial charge in [-0.3, -0.25) is 4.79 Å². The second-order valence-electron chi connectivity index (χ2n) is 14.2. The van der Waals surface area contributed by atoms with E-state index in [9.17, 15) is 24.3 Å². The highest BCUT2D eigenvalue weighted by molar-refractivity contribution is 6.31. The second-order valence-corrected chi connectivity index (χ2v) is 14.6. The molecule has 1 amide bonds. The van der Waals surface area contributed by atoms with Crippen LogP contribution in [0, 0.1) is 5.92 Å². The third kappa shape index (κ3) is 11.9. The fourth-order valence-electron chi connectivity index (χ4n) is 6.90. The molecule has 320 valence electrons. The van der Waals surface area contributed by atoms with Gasteiger partial charge in [-0.1, -0.05) is 106 Å². The molecule has 1 aliphatic heterocycles. The summed E-state index contributed by atoms with van der Waals surface area (Å²) >= 11 is 6.42. The van der Waals surface area contributed by atoms with Crippen LogP contribution in [0.1, 0.15) is 70.9 Å². The van der Waals surface area contributed by atoms with Gasteiger partial charge in [0.25, 0.3) is 0 Å². The van der Waals surface area contributed by atoms with Crippen LogP contribution in [0.25, 0.3) is 22.5 Å². The number of aromatic nitrogens is 4. The van der Waals surface area contributed by atoms with Crippen LogP contribution in [0.4, 0.5) is 0 Å². The van der Waals surface area contributed by atoms with Crippen molar-refractivity contribution in [2.45, 2.75) is 72.4 Å². The number of hydrogen-bond acceptors (Lipinski definition) is 12.